The lowest BCUT2D eigenvalue weighted by atomic mass is 9.97. The van der Waals surface area contributed by atoms with Crippen LogP contribution in [0.15, 0.2) is 164 Å². The molecule has 0 amide bonds. The van der Waals surface area contributed by atoms with Gasteiger partial charge in [0.05, 0.1) is 51.2 Å². The normalized spacial score (nSPS) is 16.1. The van der Waals surface area contributed by atoms with E-state index in [0.717, 1.165) is 0 Å². The summed E-state index contributed by atoms with van der Waals surface area (Å²) in [6, 6.07) is 19.6. The highest BCUT2D eigenvalue weighted by molar-refractivity contribution is 6.39. The summed E-state index contributed by atoms with van der Waals surface area (Å²) in [4.78, 5) is 55.7. The van der Waals surface area contributed by atoms with Gasteiger partial charge in [0.25, 0.3) is 0 Å². The van der Waals surface area contributed by atoms with E-state index in [9.17, 15) is 18.8 Å². The summed E-state index contributed by atoms with van der Waals surface area (Å²) < 4.78 is 93.0. The highest BCUT2D eigenvalue weighted by atomic mass is 19.2. The van der Waals surface area contributed by atoms with E-state index in [1.165, 1.54) is 45.1 Å². The molecular weight excluding hydrogens is 848 g/mol. The fourth-order valence-corrected chi connectivity index (χ4v) is 7.70. The number of benzene rings is 4. The molecule has 5 aliphatic rings. The molecule has 4 aromatic carbocycles. The van der Waals surface area contributed by atoms with E-state index in [4.69, 9.17) is 34.2 Å². The van der Waals surface area contributed by atoms with Gasteiger partial charge in [0.2, 0.25) is 5.82 Å². The van der Waals surface area contributed by atoms with Crippen molar-refractivity contribution in [1.82, 2.24) is 0 Å². The van der Waals surface area contributed by atoms with E-state index in [0.29, 0.717) is 56.2 Å². The number of carbonyl (C=O) groups is 3. The van der Waals surface area contributed by atoms with Crippen molar-refractivity contribution in [2.24, 2.45) is 20.0 Å². The maximum Gasteiger partial charge on any atom is 0.308 e. The Balaban J connectivity index is 1.39. The second-order valence-corrected chi connectivity index (χ2v) is 14.7. The van der Waals surface area contributed by atoms with Crippen molar-refractivity contribution in [1.29, 1.82) is 0 Å². The molecule has 5 aliphatic heterocycles. The lowest BCUT2D eigenvalue weighted by Gasteiger charge is -2.14. The number of ether oxygens (including phenoxy) is 3. The molecule has 9 rings (SSSR count). The smallest absolute Gasteiger partial charge is 0.308 e. The first-order valence-corrected chi connectivity index (χ1v) is 19.7. The van der Waals surface area contributed by atoms with Crippen LogP contribution >= 0.6 is 0 Å². The highest BCUT2D eigenvalue weighted by Gasteiger charge is 2.34. The number of fused-ring (bicyclic) bond motifs is 4. The van der Waals surface area contributed by atoms with Gasteiger partial charge in [0.1, 0.15) is 17.2 Å². The van der Waals surface area contributed by atoms with Gasteiger partial charge in [-0.2, -0.15) is 0 Å². The molecule has 0 spiro atoms. The number of hydrogen-bond acceptors (Lipinski definition) is 10. The summed E-state index contributed by atoms with van der Waals surface area (Å²) in [5, 5.41) is 0. The van der Waals surface area contributed by atoms with Crippen LogP contribution in [0.25, 0.3) is 22.3 Å². The molecule has 0 aliphatic carbocycles. The van der Waals surface area contributed by atoms with Gasteiger partial charge in [0.15, 0.2) is 23.3 Å². The first-order valence-electron chi connectivity index (χ1n) is 19.7. The molecule has 65 heavy (non-hydrogen) atoms. The summed E-state index contributed by atoms with van der Waals surface area (Å²) in [5.41, 5.74) is 1.98. The fraction of sp³-hybridized carbons (Fsp3) is 0.0600. The van der Waals surface area contributed by atoms with E-state index in [1.54, 1.807) is 97.1 Å². The first kappa shape index (κ1) is 41.9. The number of halogens is 5. The van der Waals surface area contributed by atoms with Crippen LogP contribution in [-0.2, 0) is 14.4 Å². The Hall–Kier alpha value is -8.46. The van der Waals surface area contributed by atoms with Gasteiger partial charge in [-0.1, -0.05) is 36.4 Å². The molecule has 10 nitrogen and oxygen atoms in total. The number of aliphatic imine (C=N–C) groups is 4. The third-order valence-electron chi connectivity index (χ3n) is 10.2. The maximum absolute atomic E-state index is 16.0. The third-order valence-corrected chi connectivity index (χ3v) is 10.2. The van der Waals surface area contributed by atoms with E-state index in [1.807, 2.05) is 0 Å². The van der Waals surface area contributed by atoms with Gasteiger partial charge in [0, 0.05) is 43.1 Å². The second kappa shape index (κ2) is 16.7. The van der Waals surface area contributed by atoms with Crippen molar-refractivity contribution in [3.63, 3.8) is 0 Å². The molecule has 0 fully saturated rings. The minimum absolute atomic E-state index is 0.145. The largest absolute Gasteiger partial charge is 0.427 e. The molecule has 0 atom stereocenters. The molecule has 320 valence electrons. The average molecular weight is 877 g/mol. The Morgan fingerprint density at radius 3 is 0.969 bits per heavy atom. The second-order valence-electron chi connectivity index (χ2n) is 14.7. The SMILES string of the molecule is CC(=O)Oc1cccc(C2=C3C=CC(=N3)C(c3cccc(OC(C)=O)c3)=C3C=CC(=N3)C(c3c(F)c(F)c(F)c(F)c3F)=C3C=CC(=N3)C(c3cccc(OC(C)=O)c3)=C3C=CC2=N3)c1. The average Bonchev–Trinajstić information content (AvgIpc) is 4.11. The number of nitrogens with zero attached hydrogens (tertiary/aromatic N) is 4. The lowest BCUT2D eigenvalue weighted by Crippen LogP contribution is -2.11. The van der Waals surface area contributed by atoms with Gasteiger partial charge in [-0.15, -0.1) is 0 Å². The molecule has 8 bridgehead atoms. The molecule has 0 N–H and O–H groups in total. The molecule has 0 unspecified atom stereocenters. The summed E-state index contributed by atoms with van der Waals surface area (Å²) in [5.74, 6) is -12.0. The highest BCUT2D eigenvalue weighted by Crippen LogP contribution is 2.41. The van der Waals surface area contributed by atoms with Crippen LogP contribution in [0.2, 0.25) is 0 Å². The standard InChI is InChI=1S/C50H29F5N4O6/c1-24(60)63-30-10-4-7-27(21-30)41-33-13-15-35(56-33)42(28-8-5-11-31(22-28)64-25(2)61)37-17-19-39(58-37)44(45-46(51)48(53)50(55)49(54)47(45)52)40-20-18-38(59-40)43(36-16-14-34(41)57-36)29-9-6-12-32(23-29)65-26(3)62/h4-23H,1-3H3. The van der Waals surface area contributed by atoms with Crippen LogP contribution in [0.1, 0.15) is 43.0 Å². The third kappa shape index (κ3) is 7.95. The molecule has 15 heteroatoms. The Morgan fingerprint density at radius 2 is 0.662 bits per heavy atom. The lowest BCUT2D eigenvalue weighted by molar-refractivity contribution is -0.132. The maximum atomic E-state index is 16.0. The molecular formula is C50H29F5N4O6. The van der Waals surface area contributed by atoms with Gasteiger partial charge in [-0.3, -0.25) is 14.4 Å². The van der Waals surface area contributed by atoms with Crippen molar-refractivity contribution in [2.75, 3.05) is 0 Å². The minimum Gasteiger partial charge on any atom is -0.427 e. The zero-order valence-corrected chi connectivity index (χ0v) is 34.2. The monoisotopic (exact) mass is 876 g/mol. The number of carbonyl (C=O) groups excluding carboxylic acids is 3. The topological polar surface area (TPSA) is 128 Å². The zero-order chi connectivity index (χ0) is 45.7. The van der Waals surface area contributed by atoms with E-state index >= 15 is 17.6 Å². The first-order chi connectivity index (χ1) is 31.2. The van der Waals surface area contributed by atoms with Gasteiger partial charge in [-0.25, -0.2) is 41.9 Å². The van der Waals surface area contributed by atoms with Crippen molar-refractivity contribution in [3.8, 4) is 17.2 Å². The van der Waals surface area contributed by atoms with Crippen LogP contribution in [0.5, 0.6) is 17.2 Å². The van der Waals surface area contributed by atoms with E-state index in [-0.39, 0.29) is 40.1 Å². The van der Waals surface area contributed by atoms with Gasteiger partial charge in [-0.05, 0) is 102 Å². The summed E-state index contributed by atoms with van der Waals surface area (Å²) in [7, 11) is 0. The molecule has 0 saturated heterocycles. The van der Waals surface area contributed by atoms with Crippen LogP contribution in [0, 0.1) is 29.1 Å². The number of hydrogen-bond donors (Lipinski definition) is 0. The van der Waals surface area contributed by atoms with Crippen LogP contribution in [-0.4, -0.2) is 40.8 Å². The summed E-state index contributed by atoms with van der Waals surface area (Å²) in [6.45, 7) is 3.75. The molecule has 0 radical (unpaired) electrons. The Labute approximate surface area is 366 Å². The van der Waals surface area contributed by atoms with Crippen LogP contribution in [0.3, 0.4) is 0 Å². The molecule has 4 aromatic rings. The van der Waals surface area contributed by atoms with Gasteiger partial charge >= 0.3 is 17.9 Å². The predicted octanol–water partition coefficient (Wildman–Crippen LogP) is 10.2. The minimum atomic E-state index is -2.35. The molecule has 5 heterocycles. The van der Waals surface area contributed by atoms with E-state index < -0.39 is 58.1 Å². The zero-order valence-electron chi connectivity index (χ0n) is 34.2. The summed E-state index contributed by atoms with van der Waals surface area (Å²) >= 11 is 0. The van der Waals surface area contributed by atoms with Crippen molar-refractivity contribution >= 4 is 63.0 Å². The van der Waals surface area contributed by atoms with E-state index in [2.05, 4.69) is 0 Å². The Morgan fingerprint density at radius 1 is 0.385 bits per heavy atom. The van der Waals surface area contributed by atoms with Crippen molar-refractivity contribution in [3.05, 3.63) is 196 Å². The number of allylic oxidation sites excluding steroid dienone is 12. The predicted molar refractivity (Wildman–Crippen MR) is 233 cm³/mol. The number of rotatable bonds is 7. The molecule has 0 saturated carbocycles. The Kier molecular flexibility index (Phi) is 10.7. The van der Waals surface area contributed by atoms with Crippen molar-refractivity contribution in [2.45, 2.75) is 20.8 Å². The quantitative estimate of drug-likeness (QED) is 0.0598. The summed E-state index contributed by atoms with van der Waals surface area (Å²) in [6.07, 6.45) is 12.5. The molecule has 0 aromatic heterocycles. The van der Waals surface area contributed by atoms with Crippen LogP contribution in [0.4, 0.5) is 22.0 Å². The fourth-order valence-electron chi connectivity index (χ4n) is 7.70. The van der Waals surface area contributed by atoms with Crippen molar-refractivity contribution < 1.29 is 50.5 Å². The number of esters is 3. The van der Waals surface area contributed by atoms with Gasteiger partial charge < -0.3 is 14.2 Å². The van der Waals surface area contributed by atoms with Crippen LogP contribution < -0.4 is 14.2 Å². The Bertz CT molecular complexity index is 3180.